The number of piperidine rings is 1. The smallest absolute Gasteiger partial charge is 0.0593 e. The van der Waals surface area contributed by atoms with Crippen LogP contribution < -0.4 is 0 Å². The van der Waals surface area contributed by atoms with Crippen LogP contribution in [0.1, 0.15) is 72.1 Å². The number of rotatable bonds is 6. The van der Waals surface area contributed by atoms with E-state index in [9.17, 15) is 0 Å². The van der Waals surface area contributed by atoms with E-state index in [0.717, 1.165) is 31.6 Å². The molecule has 0 N–H and O–H groups in total. The van der Waals surface area contributed by atoms with Gasteiger partial charge in [0, 0.05) is 6.54 Å². The summed E-state index contributed by atoms with van der Waals surface area (Å²) in [5.41, 5.74) is 0.299. The van der Waals surface area contributed by atoms with Gasteiger partial charge in [-0.2, -0.15) is 0 Å². The summed E-state index contributed by atoms with van der Waals surface area (Å²) in [6, 6.07) is 0. The summed E-state index contributed by atoms with van der Waals surface area (Å²) in [7, 11) is 0. The lowest BCUT2D eigenvalue weighted by Gasteiger charge is -2.34. The number of nitrogens with zero attached hydrogens (tertiary/aromatic N) is 1. The zero-order chi connectivity index (χ0) is 15.1. The summed E-state index contributed by atoms with van der Waals surface area (Å²) < 4.78 is 5.81. The van der Waals surface area contributed by atoms with Crippen LogP contribution >= 0.6 is 0 Å². The molecule has 2 nitrogen and oxygen atoms in total. The fraction of sp³-hybridized carbons (Fsp3) is 1.00. The average molecular weight is 296 g/mol. The maximum absolute atomic E-state index is 5.81. The van der Waals surface area contributed by atoms with Crippen LogP contribution in [-0.2, 0) is 4.74 Å². The first-order chi connectivity index (χ1) is 10.0. The van der Waals surface area contributed by atoms with Crippen molar-refractivity contribution in [1.29, 1.82) is 0 Å². The number of hydrogen-bond acceptors (Lipinski definition) is 2. The van der Waals surface area contributed by atoms with Crippen molar-refractivity contribution in [1.82, 2.24) is 4.90 Å². The zero-order valence-electron chi connectivity index (χ0n) is 14.7. The minimum atomic E-state index is 0.299. The third kappa shape index (κ3) is 7.15. The van der Waals surface area contributed by atoms with Gasteiger partial charge in [0.25, 0.3) is 0 Å². The van der Waals surface area contributed by atoms with E-state index in [-0.39, 0.29) is 0 Å². The molecule has 1 aliphatic heterocycles. The molecule has 0 spiro atoms. The van der Waals surface area contributed by atoms with Gasteiger partial charge in [0.2, 0.25) is 0 Å². The van der Waals surface area contributed by atoms with Crippen LogP contribution in [0.3, 0.4) is 0 Å². The van der Waals surface area contributed by atoms with E-state index in [1.54, 1.807) is 0 Å². The van der Waals surface area contributed by atoms with Gasteiger partial charge in [-0.3, -0.25) is 0 Å². The van der Waals surface area contributed by atoms with E-state index in [1.165, 1.54) is 64.5 Å². The molecule has 2 heteroatoms. The molecule has 0 unspecified atom stereocenters. The standard InChI is InChI=1S/C19H37NO/c1-19(2,3)16-21-14-13-20-11-9-18(10-12-20)15-17-7-5-4-6-8-17/h17-18H,4-16H2,1-3H3. The summed E-state index contributed by atoms with van der Waals surface area (Å²) in [4.78, 5) is 2.61. The Morgan fingerprint density at radius 3 is 2.14 bits per heavy atom. The van der Waals surface area contributed by atoms with Crippen LogP contribution in [0.25, 0.3) is 0 Å². The van der Waals surface area contributed by atoms with Gasteiger partial charge in [0.05, 0.1) is 13.2 Å². The predicted octanol–water partition coefficient (Wildman–Crippen LogP) is 4.73. The molecule has 0 radical (unpaired) electrons. The van der Waals surface area contributed by atoms with Crippen molar-refractivity contribution in [2.75, 3.05) is 32.8 Å². The zero-order valence-corrected chi connectivity index (χ0v) is 14.7. The van der Waals surface area contributed by atoms with Gasteiger partial charge >= 0.3 is 0 Å². The topological polar surface area (TPSA) is 12.5 Å². The number of ether oxygens (including phenoxy) is 1. The summed E-state index contributed by atoms with van der Waals surface area (Å²) in [6.07, 6.45) is 11.9. The van der Waals surface area contributed by atoms with E-state index in [4.69, 9.17) is 4.74 Å². The Hall–Kier alpha value is -0.0800. The fourth-order valence-corrected chi connectivity index (χ4v) is 3.91. The molecule has 1 saturated heterocycles. The van der Waals surface area contributed by atoms with E-state index in [1.807, 2.05) is 0 Å². The highest BCUT2D eigenvalue weighted by atomic mass is 16.5. The first kappa shape index (κ1) is 17.3. The molecule has 1 aliphatic carbocycles. The highest BCUT2D eigenvalue weighted by Crippen LogP contribution is 2.32. The van der Waals surface area contributed by atoms with Crippen molar-refractivity contribution in [3.8, 4) is 0 Å². The highest BCUT2D eigenvalue weighted by Gasteiger charge is 2.23. The van der Waals surface area contributed by atoms with E-state index in [0.29, 0.717) is 5.41 Å². The Balaban J connectivity index is 1.53. The Bertz CT molecular complexity index is 270. The Labute approximate surface area is 132 Å². The largest absolute Gasteiger partial charge is 0.380 e. The molecule has 0 aromatic heterocycles. The lowest BCUT2D eigenvalue weighted by molar-refractivity contribution is 0.0462. The Kier molecular flexibility index (Phi) is 7.01. The second-order valence-electron chi connectivity index (χ2n) is 8.64. The monoisotopic (exact) mass is 295 g/mol. The molecule has 1 heterocycles. The minimum absolute atomic E-state index is 0.299. The van der Waals surface area contributed by atoms with Crippen LogP contribution in [0.5, 0.6) is 0 Å². The van der Waals surface area contributed by atoms with Crippen LogP contribution in [0.4, 0.5) is 0 Å². The molecule has 0 aromatic carbocycles. The van der Waals surface area contributed by atoms with E-state index < -0.39 is 0 Å². The molecule has 2 fully saturated rings. The minimum Gasteiger partial charge on any atom is -0.380 e. The SMILES string of the molecule is CC(C)(C)COCCN1CCC(CC2CCCCC2)CC1. The average Bonchev–Trinajstić information content (AvgIpc) is 2.45. The van der Waals surface area contributed by atoms with Crippen molar-refractivity contribution in [2.45, 2.75) is 72.1 Å². The fourth-order valence-electron chi connectivity index (χ4n) is 3.91. The number of likely N-dealkylation sites (tertiary alicyclic amines) is 1. The Morgan fingerprint density at radius 1 is 0.905 bits per heavy atom. The third-order valence-electron chi connectivity index (χ3n) is 5.19. The molecular formula is C19H37NO. The van der Waals surface area contributed by atoms with Gasteiger partial charge in [0.1, 0.15) is 0 Å². The first-order valence-electron chi connectivity index (χ1n) is 9.33. The molecule has 2 rings (SSSR count). The van der Waals surface area contributed by atoms with Crippen LogP contribution in [0.15, 0.2) is 0 Å². The number of hydrogen-bond donors (Lipinski definition) is 0. The summed E-state index contributed by atoms with van der Waals surface area (Å²) in [5.74, 6) is 2.07. The molecule has 0 atom stereocenters. The predicted molar refractivity (Wildman–Crippen MR) is 90.6 cm³/mol. The lowest BCUT2D eigenvalue weighted by atomic mass is 9.80. The van der Waals surface area contributed by atoms with Crippen molar-refractivity contribution in [3.05, 3.63) is 0 Å². The van der Waals surface area contributed by atoms with E-state index in [2.05, 4.69) is 25.7 Å². The molecule has 21 heavy (non-hydrogen) atoms. The summed E-state index contributed by atoms with van der Waals surface area (Å²) in [6.45, 7) is 12.2. The van der Waals surface area contributed by atoms with Gasteiger partial charge in [-0.15, -0.1) is 0 Å². The molecule has 0 aromatic rings. The van der Waals surface area contributed by atoms with Gasteiger partial charge < -0.3 is 9.64 Å². The molecule has 1 saturated carbocycles. The van der Waals surface area contributed by atoms with Gasteiger partial charge in [-0.25, -0.2) is 0 Å². The maximum atomic E-state index is 5.81. The van der Waals surface area contributed by atoms with Crippen molar-refractivity contribution in [3.63, 3.8) is 0 Å². The molecule has 124 valence electrons. The third-order valence-corrected chi connectivity index (χ3v) is 5.19. The van der Waals surface area contributed by atoms with Gasteiger partial charge in [0.15, 0.2) is 0 Å². The lowest BCUT2D eigenvalue weighted by Crippen LogP contribution is -2.37. The van der Waals surface area contributed by atoms with Crippen molar-refractivity contribution in [2.24, 2.45) is 17.3 Å². The second kappa shape index (κ2) is 8.53. The molecule has 2 aliphatic rings. The van der Waals surface area contributed by atoms with Gasteiger partial charge in [-0.1, -0.05) is 52.9 Å². The quantitative estimate of drug-likeness (QED) is 0.657. The summed E-state index contributed by atoms with van der Waals surface area (Å²) in [5, 5.41) is 0. The maximum Gasteiger partial charge on any atom is 0.0593 e. The van der Waals surface area contributed by atoms with E-state index >= 15 is 0 Å². The highest BCUT2D eigenvalue weighted by molar-refractivity contribution is 4.76. The van der Waals surface area contributed by atoms with Gasteiger partial charge in [-0.05, 0) is 49.6 Å². The molecule has 0 amide bonds. The van der Waals surface area contributed by atoms with Crippen LogP contribution in [-0.4, -0.2) is 37.7 Å². The van der Waals surface area contributed by atoms with Crippen molar-refractivity contribution >= 4 is 0 Å². The second-order valence-corrected chi connectivity index (χ2v) is 8.64. The normalized spacial score (nSPS) is 23.6. The van der Waals surface area contributed by atoms with Crippen LogP contribution in [0, 0.1) is 17.3 Å². The first-order valence-corrected chi connectivity index (χ1v) is 9.33. The molecular weight excluding hydrogens is 258 g/mol. The summed E-state index contributed by atoms with van der Waals surface area (Å²) >= 11 is 0. The van der Waals surface area contributed by atoms with Crippen LogP contribution in [0.2, 0.25) is 0 Å². The van der Waals surface area contributed by atoms with Crippen molar-refractivity contribution < 1.29 is 4.74 Å². The Morgan fingerprint density at radius 2 is 1.52 bits per heavy atom. The molecule has 0 bridgehead atoms.